The number of aliphatic hydroxyl groups excluding tert-OH is 1. The highest BCUT2D eigenvalue weighted by Gasteiger charge is 2.19. The summed E-state index contributed by atoms with van der Waals surface area (Å²) in [6.45, 7) is 1.99. The fourth-order valence-corrected chi connectivity index (χ4v) is 1.63. The van der Waals surface area contributed by atoms with E-state index in [1.807, 2.05) is 37.3 Å². The van der Waals surface area contributed by atoms with Crippen molar-refractivity contribution in [3.8, 4) is 0 Å². The first kappa shape index (κ1) is 11.7. The number of carboxylic acids is 1. The minimum atomic E-state index is -1.27. The number of aliphatic carboxylic acids is 1. The van der Waals surface area contributed by atoms with Crippen molar-refractivity contribution in [3.63, 3.8) is 0 Å². The monoisotopic (exact) mass is 208 g/mol. The zero-order chi connectivity index (χ0) is 11.3. The first-order valence-electron chi connectivity index (χ1n) is 5.11. The third kappa shape index (κ3) is 3.36. The Morgan fingerprint density at radius 3 is 2.40 bits per heavy atom. The molecular formula is C12H16O3. The van der Waals surface area contributed by atoms with Crippen LogP contribution in [0.5, 0.6) is 0 Å². The van der Waals surface area contributed by atoms with Gasteiger partial charge in [-0.3, -0.25) is 0 Å². The molecule has 0 amide bonds. The fraction of sp³-hybridized carbons (Fsp3) is 0.417. The van der Waals surface area contributed by atoms with Gasteiger partial charge in [0.15, 0.2) is 6.10 Å². The van der Waals surface area contributed by atoms with Crippen LogP contribution in [0.25, 0.3) is 0 Å². The van der Waals surface area contributed by atoms with Crippen LogP contribution in [0.3, 0.4) is 0 Å². The highest BCUT2D eigenvalue weighted by molar-refractivity contribution is 5.71. The van der Waals surface area contributed by atoms with Gasteiger partial charge in [-0.05, 0) is 24.3 Å². The van der Waals surface area contributed by atoms with Crippen molar-refractivity contribution in [1.82, 2.24) is 0 Å². The molecule has 1 rings (SSSR count). The third-order valence-electron chi connectivity index (χ3n) is 2.56. The van der Waals surface area contributed by atoms with E-state index in [0.29, 0.717) is 0 Å². The molecule has 1 aromatic rings. The average molecular weight is 208 g/mol. The Balaban J connectivity index is 2.69. The Kier molecular flexibility index (Phi) is 4.31. The molecule has 2 unspecified atom stereocenters. The van der Waals surface area contributed by atoms with Gasteiger partial charge >= 0.3 is 5.97 Å². The van der Waals surface area contributed by atoms with Gasteiger partial charge < -0.3 is 10.2 Å². The van der Waals surface area contributed by atoms with Gasteiger partial charge in [-0.2, -0.15) is 0 Å². The first-order chi connectivity index (χ1) is 7.15. The molecule has 0 heterocycles. The minimum absolute atomic E-state index is 0.109. The zero-order valence-corrected chi connectivity index (χ0v) is 8.76. The van der Waals surface area contributed by atoms with Gasteiger partial charge in [0.25, 0.3) is 0 Å². The van der Waals surface area contributed by atoms with Crippen LogP contribution in [0.1, 0.15) is 31.2 Å². The van der Waals surface area contributed by atoms with E-state index < -0.39 is 12.1 Å². The molecule has 0 bridgehead atoms. The van der Waals surface area contributed by atoms with E-state index in [2.05, 4.69) is 0 Å². The van der Waals surface area contributed by atoms with E-state index in [9.17, 15) is 9.90 Å². The maximum atomic E-state index is 10.5. The molecule has 0 radical (unpaired) electrons. The van der Waals surface area contributed by atoms with Crippen molar-refractivity contribution in [2.24, 2.45) is 0 Å². The second kappa shape index (κ2) is 5.51. The Hall–Kier alpha value is -1.35. The smallest absolute Gasteiger partial charge is 0.332 e. The predicted octanol–water partition coefficient (Wildman–Crippen LogP) is 2.02. The number of benzene rings is 1. The lowest BCUT2D eigenvalue weighted by Gasteiger charge is -2.16. The molecule has 0 saturated carbocycles. The van der Waals surface area contributed by atoms with E-state index >= 15 is 0 Å². The van der Waals surface area contributed by atoms with Crippen molar-refractivity contribution in [3.05, 3.63) is 35.9 Å². The zero-order valence-electron chi connectivity index (χ0n) is 8.76. The molecule has 0 aliphatic rings. The second-order valence-electron chi connectivity index (χ2n) is 3.61. The number of hydrogen-bond donors (Lipinski definition) is 2. The SMILES string of the molecule is CCC(CC(O)C(=O)O)c1ccccc1. The molecular weight excluding hydrogens is 192 g/mol. The van der Waals surface area contributed by atoms with Crippen LogP contribution in [-0.2, 0) is 4.79 Å². The van der Waals surface area contributed by atoms with Crippen LogP contribution in [0.4, 0.5) is 0 Å². The molecule has 1 aromatic carbocycles. The lowest BCUT2D eigenvalue weighted by Crippen LogP contribution is -2.22. The lowest BCUT2D eigenvalue weighted by atomic mass is 9.91. The standard InChI is InChI=1S/C12H16O3/c1-2-9(8-11(13)12(14)15)10-6-4-3-5-7-10/h3-7,9,11,13H,2,8H2,1H3,(H,14,15). The van der Waals surface area contributed by atoms with Crippen molar-refractivity contribution in [2.75, 3.05) is 0 Å². The van der Waals surface area contributed by atoms with Gasteiger partial charge in [0.1, 0.15) is 0 Å². The van der Waals surface area contributed by atoms with E-state index in [1.54, 1.807) is 0 Å². The third-order valence-corrected chi connectivity index (χ3v) is 2.56. The summed E-state index contributed by atoms with van der Waals surface area (Å²) in [6, 6.07) is 9.69. The molecule has 82 valence electrons. The van der Waals surface area contributed by atoms with Crippen molar-refractivity contribution in [1.29, 1.82) is 0 Å². The highest BCUT2D eigenvalue weighted by atomic mass is 16.4. The number of carbonyl (C=O) groups is 1. The van der Waals surface area contributed by atoms with Crippen LogP contribution < -0.4 is 0 Å². The van der Waals surface area contributed by atoms with Gasteiger partial charge in [0, 0.05) is 0 Å². The Morgan fingerprint density at radius 2 is 1.93 bits per heavy atom. The minimum Gasteiger partial charge on any atom is -0.479 e. The number of aliphatic hydroxyl groups is 1. The van der Waals surface area contributed by atoms with Crippen molar-refractivity contribution < 1.29 is 15.0 Å². The molecule has 2 N–H and O–H groups in total. The molecule has 0 saturated heterocycles. The largest absolute Gasteiger partial charge is 0.479 e. The summed E-state index contributed by atoms with van der Waals surface area (Å²) >= 11 is 0. The Bertz CT molecular complexity index is 308. The molecule has 0 fully saturated rings. The topological polar surface area (TPSA) is 57.5 Å². The van der Waals surface area contributed by atoms with Crippen molar-refractivity contribution >= 4 is 5.97 Å². The van der Waals surface area contributed by atoms with E-state index in [0.717, 1.165) is 12.0 Å². The summed E-state index contributed by atoms with van der Waals surface area (Å²) in [5, 5.41) is 17.9. The molecule has 0 aromatic heterocycles. The van der Waals surface area contributed by atoms with Crippen LogP contribution in [0.15, 0.2) is 30.3 Å². The lowest BCUT2D eigenvalue weighted by molar-refractivity contribution is -0.147. The average Bonchev–Trinajstić information content (AvgIpc) is 2.26. The molecule has 0 aliphatic heterocycles. The van der Waals surface area contributed by atoms with Gasteiger partial charge in [-0.1, -0.05) is 37.3 Å². The summed E-state index contributed by atoms with van der Waals surface area (Å²) < 4.78 is 0. The van der Waals surface area contributed by atoms with Crippen LogP contribution in [0, 0.1) is 0 Å². The van der Waals surface area contributed by atoms with Gasteiger partial charge in [-0.15, -0.1) is 0 Å². The summed E-state index contributed by atoms with van der Waals surface area (Å²) in [7, 11) is 0. The van der Waals surface area contributed by atoms with Crippen LogP contribution in [-0.4, -0.2) is 22.3 Å². The molecule has 0 aliphatic carbocycles. The summed E-state index contributed by atoms with van der Waals surface area (Å²) in [4.78, 5) is 10.5. The van der Waals surface area contributed by atoms with Crippen LogP contribution in [0.2, 0.25) is 0 Å². The number of hydrogen-bond acceptors (Lipinski definition) is 2. The first-order valence-corrected chi connectivity index (χ1v) is 5.11. The van der Waals surface area contributed by atoms with Crippen LogP contribution >= 0.6 is 0 Å². The maximum Gasteiger partial charge on any atom is 0.332 e. The second-order valence-corrected chi connectivity index (χ2v) is 3.61. The Morgan fingerprint density at radius 1 is 1.33 bits per heavy atom. The van der Waals surface area contributed by atoms with E-state index in [-0.39, 0.29) is 12.3 Å². The summed E-state index contributed by atoms with van der Waals surface area (Å²) in [5.74, 6) is -1.04. The number of rotatable bonds is 5. The van der Waals surface area contributed by atoms with Gasteiger partial charge in [0.05, 0.1) is 0 Å². The highest BCUT2D eigenvalue weighted by Crippen LogP contribution is 2.24. The van der Waals surface area contributed by atoms with Gasteiger partial charge in [0.2, 0.25) is 0 Å². The maximum absolute atomic E-state index is 10.5. The fourth-order valence-electron chi connectivity index (χ4n) is 1.63. The van der Waals surface area contributed by atoms with E-state index in [4.69, 9.17) is 5.11 Å². The molecule has 15 heavy (non-hydrogen) atoms. The predicted molar refractivity (Wildman–Crippen MR) is 57.7 cm³/mol. The molecule has 2 atom stereocenters. The molecule has 0 spiro atoms. The number of carboxylic acid groups (broad SMARTS) is 1. The quantitative estimate of drug-likeness (QED) is 0.778. The molecule has 3 nitrogen and oxygen atoms in total. The summed E-state index contributed by atoms with van der Waals surface area (Å²) in [6.07, 6.45) is -0.167. The van der Waals surface area contributed by atoms with E-state index in [1.165, 1.54) is 0 Å². The summed E-state index contributed by atoms with van der Waals surface area (Å²) in [5.41, 5.74) is 1.08. The van der Waals surface area contributed by atoms with Gasteiger partial charge in [-0.25, -0.2) is 4.79 Å². The molecule has 3 heteroatoms. The van der Waals surface area contributed by atoms with Crippen molar-refractivity contribution in [2.45, 2.75) is 31.8 Å². The normalized spacial score (nSPS) is 14.5. The Labute approximate surface area is 89.4 Å².